The van der Waals surface area contributed by atoms with Gasteiger partial charge in [-0.2, -0.15) is 0 Å². The summed E-state index contributed by atoms with van der Waals surface area (Å²) in [5.74, 6) is -1.23. The predicted octanol–water partition coefficient (Wildman–Crippen LogP) is 0.583. The van der Waals surface area contributed by atoms with Crippen molar-refractivity contribution in [2.75, 3.05) is 11.8 Å². The van der Waals surface area contributed by atoms with Crippen LogP contribution < -0.4 is 0 Å². The van der Waals surface area contributed by atoms with E-state index in [1.807, 2.05) is 0 Å². The van der Waals surface area contributed by atoms with Crippen molar-refractivity contribution in [1.29, 1.82) is 0 Å². The molecule has 0 rings (SSSR count). The second-order valence-electron chi connectivity index (χ2n) is 2.41. The number of rotatable bonds is 6. The van der Waals surface area contributed by atoms with Gasteiger partial charge in [0.25, 0.3) is 0 Å². The fourth-order valence-electron chi connectivity index (χ4n) is 0.653. The van der Waals surface area contributed by atoms with Crippen LogP contribution >= 0.6 is 0 Å². The number of aliphatic carboxylic acids is 1. The summed E-state index contributed by atoms with van der Waals surface area (Å²) < 4.78 is 32.7. The van der Waals surface area contributed by atoms with Gasteiger partial charge < -0.3 is 5.11 Å². The Hall–Kier alpha value is -0.650. The third kappa shape index (κ3) is 6.09. The van der Waals surface area contributed by atoms with Crippen LogP contribution in [0, 0.1) is 0 Å². The van der Waals surface area contributed by atoms with E-state index >= 15 is 0 Å². The molecule has 12 heavy (non-hydrogen) atoms. The Labute approximate surface area is 70.3 Å². The predicted molar refractivity (Wildman–Crippen MR) is 41.2 cm³/mol. The van der Waals surface area contributed by atoms with E-state index in [0.29, 0.717) is 0 Å². The molecule has 0 amide bonds. The Morgan fingerprint density at radius 3 is 2.33 bits per heavy atom. The van der Waals surface area contributed by atoms with Gasteiger partial charge in [0.2, 0.25) is 0 Å². The molecular formula is C6H11FO4S. The normalized spacial score (nSPS) is 11.4. The largest absolute Gasteiger partial charge is 0.481 e. The molecule has 0 saturated carbocycles. The van der Waals surface area contributed by atoms with Crippen LogP contribution in [-0.2, 0) is 14.6 Å². The summed E-state index contributed by atoms with van der Waals surface area (Å²) in [5, 5.41) is 8.18. The molecule has 0 aromatic carbocycles. The zero-order chi connectivity index (χ0) is 9.61. The average Bonchev–Trinajstić information content (AvgIpc) is 1.98. The number of alkyl halides is 1. The Morgan fingerprint density at radius 2 is 1.92 bits per heavy atom. The molecule has 4 nitrogen and oxygen atoms in total. The fourth-order valence-corrected chi connectivity index (χ4v) is 1.41. The highest BCUT2D eigenvalue weighted by atomic mass is 32.2. The highest BCUT2D eigenvalue weighted by molar-refractivity contribution is 7.91. The highest BCUT2D eigenvalue weighted by Crippen LogP contribution is 2.00. The minimum atomic E-state index is -3.58. The summed E-state index contributed by atoms with van der Waals surface area (Å²) in [7, 11) is -3.58. The lowest BCUT2D eigenvalue weighted by molar-refractivity contribution is -0.137. The minimum Gasteiger partial charge on any atom is -0.481 e. The maximum absolute atomic E-state index is 11.7. The standard InChI is InChI=1S/C6H11FO4S/c7-5-12(10,11)4-2-1-3-6(8)9/h1-5H2,(H,8,9). The molecule has 0 bridgehead atoms. The van der Waals surface area contributed by atoms with Gasteiger partial charge in [-0.1, -0.05) is 0 Å². The van der Waals surface area contributed by atoms with Crippen LogP contribution in [0.4, 0.5) is 4.39 Å². The van der Waals surface area contributed by atoms with Crippen molar-refractivity contribution in [3.63, 3.8) is 0 Å². The first-order valence-electron chi connectivity index (χ1n) is 3.46. The van der Waals surface area contributed by atoms with Gasteiger partial charge in [0.05, 0.1) is 5.75 Å². The van der Waals surface area contributed by atoms with Gasteiger partial charge in [0.15, 0.2) is 15.8 Å². The number of carboxylic acids is 1. The highest BCUT2D eigenvalue weighted by Gasteiger charge is 2.09. The molecule has 0 unspecified atom stereocenters. The van der Waals surface area contributed by atoms with Crippen molar-refractivity contribution in [3.8, 4) is 0 Å². The molecule has 6 heteroatoms. The molecular weight excluding hydrogens is 187 g/mol. The van der Waals surface area contributed by atoms with E-state index in [1.165, 1.54) is 0 Å². The van der Waals surface area contributed by atoms with E-state index in [9.17, 15) is 17.6 Å². The number of carboxylic acid groups (broad SMARTS) is 1. The van der Waals surface area contributed by atoms with E-state index < -0.39 is 21.8 Å². The van der Waals surface area contributed by atoms with Crippen molar-refractivity contribution in [2.45, 2.75) is 19.3 Å². The SMILES string of the molecule is O=C(O)CCCCS(=O)(=O)CF. The number of unbranched alkanes of at least 4 members (excludes halogenated alkanes) is 1. The number of sulfone groups is 1. The number of carbonyl (C=O) groups is 1. The quantitative estimate of drug-likeness (QED) is 0.634. The van der Waals surface area contributed by atoms with Crippen LogP contribution in [0.25, 0.3) is 0 Å². The van der Waals surface area contributed by atoms with Gasteiger partial charge in [0, 0.05) is 6.42 Å². The van der Waals surface area contributed by atoms with Crippen LogP contribution in [0.5, 0.6) is 0 Å². The molecule has 0 radical (unpaired) electrons. The maximum atomic E-state index is 11.7. The van der Waals surface area contributed by atoms with Gasteiger partial charge in [-0.25, -0.2) is 12.8 Å². The molecule has 72 valence electrons. The number of halogens is 1. The zero-order valence-electron chi connectivity index (χ0n) is 6.49. The molecule has 0 aliphatic carbocycles. The molecule has 0 fully saturated rings. The van der Waals surface area contributed by atoms with Crippen LogP contribution in [-0.4, -0.2) is 31.3 Å². The molecule has 0 spiro atoms. The summed E-state index contributed by atoms with van der Waals surface area (Å²) in [6, 6.07) is -1.36. The third-order valence-corrected chi connectivity index (χ3v) is 2.51. The third-order valence-electron chi connectivity index (χ3n) is 1.26. The Balaban J connectivity index is 3.51. The first-order chi connectivity index (χ1) is 5.48. The van der Waals surface area contributed by atoms with E-state index in [2.05, 4.69) is 0 Å². The van der Waals surface area contributed by atoms with Gasteiger partial charge in [-0.15, -0.1) is 0 Å². The molecule has 1 N–H and O–H groups in total. The van der Waals surface area contributed by atoms with E-state index in [0.717, 1.165) is 0 Å². The lowest BCUT2D eigenvalue weighted by Gasteiger charge is -1.97. The lowest BCUT2D eigenvalue weighted by Crippen LogP contribution is -2.08. The molecule has 0 atom stereocenters. The second kappa shape index (κ2) is 5.08. The first-order valence-corrected chi connectivity index (χ1v) is 5.28. The summed E-state index contributed by atoms with van der Waals surface area (Å²) >= 11 is 0. The van der Waals surface area contributed by atoms with Crippen LogP contribution in [0.15, 0.2) is 0 Å². The molecule has 0 aliphatic heterocycles. The average molecular weight is 198 g/mol. The zero-order valence-corrected chi connectivity index (χ0v) is 7.31. The van der Waals surface area contributed by atoms with Gasteiger partial charge in [-0.05, 0) is 12.8 Å². The number of hydrogen-bond donors (Lipinski definition) is 1. The Morgan fingerprint density at radius 1 is 1.33 bits per heavy atom. The van der Waals surface area contributed by atoms with Crippen molar-refractivity contribution < 1.29 is 22.7 Å². The molecule has 0 aliphatic rings. The monoisotopic (exact) mass is 198 g/mol. The Bertz CT molecular complexity index is 234. The van der Waals surface area contributed by atoms with Crippen molar-refractivity contribution in [1.82, 2.24) is 0 Å². The number of hydrogen-bond acceptors (Lipinski definition) is 3. The smallest absolute Gasteiger partial charge is 0.303 e. The fraction of sp³-hybridized carbons (Fsp3) is 0.833. The van der Waals surface area contributed by atoms with Crippen LogP contribution in [0.3, 0.4) is 0 Å². The lowest BCUT2D eigenvalue weighted by atomic mass is 10.3. The summed E-state index contributed by atoms with van der Waals surface area (Å²) in [4.78, 5) is 9.97. The van der Waals surface area contributed by atoms with Gasteiger partial charge >= 0.3 is 5.97 Å². The van der Waals surface area contributed by atoms with Crippen molar-refractivity contribution in [3.05, 3.63) is 0 Å². The molecule has 0 heterocycles. The van der Waals surface area contributed by atoms with Gasteiger partial charge in [0.1, 0.15) is 0 Å². The van der Waals surface area contributed by atoms with E-state index in [4.69, 9.17) is 5.11 Å². The van der Waals surface area contributed by atoms with Gasteiger partial charge in [-0.3, -0.25) is 4.79 Å². The van der Waals surface area contributed by atoms with Crippen LogP contribution in [0.1, 0.15) is 19.3 Å². The molecule has 0 saturated heterocycles. The van der Waals surface area contributed by atoms with Crippen molar-refractivity contribution >= 4 is 15.8 Å². The summed E-state index contributed by atoms with van der Waals surface area (Å²) in [6.07, 6.45) is 0.412. The first kappa shape index (κ1) is 11.4. The second-order valence-corrected chi connectivity index (χ2v) is 4.52. The molecule has 0 aromatic rings. The topological polar surface area (TPSA) is 71.4 Å². The molecule has 0 aromatic heterocycles. The van der Waals surface area contributed by atoms with E-state index in [-0.39, 0.29) is 25.0 Å². The van der Waals surface area contributed by atoms with Crippen LogP contribution in [0.2, 0.25) is 0 Å². The minimum absolute atomic E-state index is 0.0677. The Kier molecular flexibility index (Phi) is 4.80. The maximum Gasteiger partial charge on any atom is 0.303 e. The van der Waals surface area contributed by atoms with E-state index in [1.54, 1.807) is 0 Å². The summed E-state index contributed by atoms with van der Waals surface area (Å²) in [6.45, 7) is 0. The van der Waals surface area contributed by atoms with Crippen molar-refractivity contribution in [2.24, 2.45) is 0 Å². The summed E-state index contributed by atoms with van der Waals surface area (Å²) in [5.41, 5.74) is 0.